The molecule has 3 atom stereocenters. The molecule has 0 radical (unpaired) electrons. The third-order valence-electron chi connectivity index (χ3n) is 6.89. The average molecular weight is 429 g/mol. The first kappa shape index (κ1) is 21.0. The normalized spacial score (nSPS) is 20.6. The molecule has 5 rings (SSSR count). The molecule has 2 N–H and O–H groups in total. The number of aliphatic hydroxyl groups is 1. The first-order chi connectivity index (χ1) is 15.6. The maximum absolute atomic E-state index is 10.7. The Morgan fingerprint density at radius 1 is 1.06 bits per heavy atom. The number of hydrogen-bond donors (Lipinski definition) is 2. The van der Waals surface area contributed by atoms with Crippen LogP contribution in [0.3, 0.4) is 0 Å². The van der Waals surface area contributed by atoms with Gasteiger partial charge in [-0.25, -0.2) is 0 Å². The Bertz CT molecular complexity index is 1210. The number of likely N-dealkylation sites (tertiary alicyclic amines) is 1. The predicted molar refractivity (Wildman–Crippen MR) is 131 cm³/mol. The van der Waals surface area contributed by atoms with Crippen LogP contribution in [0.2, 0.25) is 0 Å². The van der Waals surface area contributed by atoms with Crippen LogP contribution in [0.5, 0.6) is 5.75 Å². The molecule has 0 bridgehead atoms. The van der Waals surface area contributed by atoms with Gasteiger partial charge in [0.15, 0.2) is 0 Å². The van der Waals surface area contributed by atoms with E-state index in [1.54, 1.807) is 0 Å². The highest BCUT2D eigenvalue weighted by molar-refractivity contribution is 5.86. The molecule has 0 unspecified atom stereocenters. The fraction of sp³-hybridized carbons (Fsp3) is 0.357. The Balaban J connectivity index is 1.17. The van der Waals surface area contributed by atoms with E-state index in [9.17, 15) is 5.11 Å². The zero-order chi connectivity index (χ0) is 22.1. The van der Waals surface area contributed by atoms with Crippen molar-refractivity contribution in [1.29, 1.82) is 0 Å². The number of rotatable bonds is 6. The first-order valence-corrected chi connectivity index (χ1v) is 11.7. The third kappa shape index (κ3) is 4.38. The maximum Gasteiger partial charge on any atom is 0.128 e. The van der Waals surface area contributed by atoms with Gasteiger partial charge in [0.1, 0.15) is 18.5 Å². The van der Waals surface area contributed by atoms with E-state index < -0.39 is 6.10 Å². The summed E-state index contributed by atoms with van der Waals surface area (Å²) in [6.45, 7) is 6.28. The molecule has 1 aliphatic rings. The molecule has 166 valence electrons. The lowest BCUT2D eigenvalue weighted by molar-refractivity contribution is 0.0406. The van der Waals surface area contributed by atoms with Crippen LogP contribution < -0.4 is 4.74 Å². The summed E-state index contributed by atoms with van der Waals surface area (Å²) in [7, 11) is 0. The average Bonchev–Trinajstić information content (AvgIpc) is 3.19. The van der Waals surface area contributed by atoms with Crippen LogP contribution in [0.1, 0.15) is 36.9 Å². The Hall–Kier alpha value is -2.82. The lowest BCUT2D eigenvalue weighted by Gasteiger charge is -2.39. The van der Waals surface area contributed by atoms with Crippen LogP contribution >= 0.6 is 0 Å². The van der Waals surface area contributed by atoms with Crippen molar-refractivity contribution in [3.05, 3.63) is 78.0 Å². The highest BCUT2D eigenvalue weighted by Crippen LogP contribution is 2.33. The van der Waals surface area contributed by atoms with Crippen molar-refractivity contribution in [3.63, 3.8) is 0 Å². The number of aromatic amines is 1. The van der Waals surface area contributed by atoms with E-state index in [0.29, 0.717) is 25.1 Å². The minimum Gasteiger partial charge on any atom is -0.490 e. The molecule has 2 heterocycles. The Morgan fingerprint density at radius 3 is 2.75 bits per heavy atom. The topological polar surface area (TPSA) is 48.5 Å². The Labute approximate surface area is 189 Å². The molecule has 1 aromatic heterocycles. The molecule has 3 aromatic carbocycles. The van der Waals surface area contributed by atoms with Crippen LogP contribution in [0.25, 0.3) is 21.7 Å². The minimum absolute atomic E-state index is 0.306. The van der Waals surface area contributed by atoms with Gasteiger partial charge in [-0.2, -0.15) is 0 Å². The quantitative estimate of drug-likeness (QED) is 0.418. The number of benzene rings is 3. The lowest BCUT2D eigenvalue weighted by Crippen LogP contribution is -2.45. The molecule has 1 saturated heterocycles. The zero-order valence-corrected chi connectivity index (χ0v) is 18.9. The predicted octanol–water partition coefficient (Wildman–Crippen LogP) is 5.64. The minimum atomic E-state index is -0.509. The molecule has 32 heavy (non-hydrogen) atoms. The molecule has 4 aromatic rings. The van der Waals surface area contributed by atoms with Crippen LogP contribution in [0.4, 0.5) is 0 Å². The number of β-amino-alcohol motifs (C(OH)–C–C–N with tert-alkyl or cyclic N) is 1. The number of aromatic nitrogens is 1. The highest BCUT2D eigenvalue weighted by atomic mass is 16.5. The van der Waals surface area contributed by atoms with E-state index >= 15 is 0 Å². The number of nitrogens with one attached hydrogen (secondary N) is 1. The Morgan fingerprint density at radius 2 is 1.91 bits per heavy atom. The number of ether oxygens (including phenoxy) is 1. The Kier molecular flexibility index (Phi) is 5.90. The van der Waals surface area contributed by atoms with E-state index in [4.69, 9.17) is 4.74 Å². The van der Waals surface area contributed by atoms with Gasteiger partial charge in [-0.05, 0) is 73.7 Å². The van der Waals surface area contributed by atoms with E-state index in [2.05, 4.69) is 65.3 Å². The summed E-state index contributed by atoms with van der Waals surface area (Å²) < 4.78 is 6.01. The molecular weight excluding hydrogens is 396 g/mol. The summed E-state index contributed by atoms with van der Waals surface area (Å²) in [5, 5.41) is 14.4. The zero-order valence-electron chi connectivity index (χ0n) is 18.9. The third-order valence-corrected chi connectivity index (χ3v) is 6.89. The lowest BCUT2D eigenvalue weighted by atomic mass is 9.85. The largest absolute Gasteiger partial charge is 0.490 e. The van der Waals surface area contributed by atoms with E-state index in [1.807, 2.05) is 25.1 Å². The van der Waals surface area contributed by atoms with E-state index in [-0.39, 0.29) is 0 Å². The van der Waals surface area contributed by atoms with Gasteiger partial charge in [-0.3, -0.25) is 4.90 Å². The first-order valence-electron chi connectivity index (χ1n) is 11.7. The number of hydrogen-bond acceptors (Lipinski definition) is 3. The number of piperidine rings is 1. The molecule has 1 fully saturated rings. The molecule has 4 nitrogen and oxygen atoms in total. The smallest absolute Gasteiger partial charge is 0.128 e. The van der Waals surface area contributed by atoms with Crippen LogP contribution in [0, 0.1) is 6.92 Å². The fourth-order valence-corrected chi connectivity index (χ4v) is 5.16. The van der Waals surface area contributed by atoms with Crippen molar-refractivity contribution in [2.45, 2.75) is 44.8 Å². The molecular formula is C28H32N2O2. The molecule has 4 heteroatoms. The van der Waals surface area contributed by atoms with E-state index in [0.717, 1.165) is 41.7 Å². The second kappa shape index (κ2) is 8.97. The van der Waals surface area contributed by atoms with E-state index in [1.165, 1.54) is 16.3 Å². The number of aliphatic hydroxyl groups excluding tert-OH is 1. The van der Waals surface area contributed by atoms with Crippen molar-refractivity contribution < 1.29 is 9.84 Å². The number of aryl methyl sites for hydroxylation is 1. The molecule has 1 aliphatic heterocycles. The second-order valence-electron chi connectivity index (χ2n) is 9.31. The van der Waals surface area contributed by atoms with Gasteiger partial charge in [0.05, 0.1) is 0 Å². The number of nitrogens with zero attached hydrogens (tertiary/aromatic N) is 1. The summed E-state index contributed by atoms with van der Waals surface area (Å²) in [5.74, 6) is 1.41. The van der Waals surface area contributed by atoms with Gasteiger partial charge in [0.25, 0.3) is 0 Å². The van der Waals surface area contributed by atoms with Crippen molar-refractivity contribution in [1.82, 2.24) is 9.88 Å². The summed E-state index contributed by atoms with van der Waals surface area (Å²) in [6, 6.07) is 24.0. The SMILES string of the molecule is Cc1cc2c(OC[C@@H](O)CN3CC[C@@H](c4ccc5ccccc5c4)C[C@@H]3C)cccc2[nH]1. The summed E-state index contributed by atoms with van der Waals surface area (Å²) in [4.78, 5) is 5.74. The van der Waals surface area contributed by atoms with Crippen LogP contribution in [0.15, 0.2) is 66.7 Å². The molecule has 0 spiro atoms. The summed E-state index contributed by atoms with van der Waals surface area (Å²) in [5.41, 5.74) is 3.62. The second-order valence-corrected chi connectivity index (χ2v) is 9.31. The van der Waals surface area contributed by atoms with Gasteiger partial charge >= 0.3 is 0 Å². The van der Waals surface area contributed by atoms with Gasteiger partial charge in [0, 0.05) is 29.2 Å². The van der Waals surface area contributed by atoms with Crippen LogP contribution in [-0.4, -0.2) is 46.8 Å². The monoisotopic (exact) mass is 428 g/mol. The molecule has 0 aliphatic carbocycles. The maximum atomic E-state index is 10.7. The highest BCUT2D eigenvalue weighted by Gasteiger charge is 2.28. The fourth-order valence-electron chi connectivity index (χ4n) is 5.16. The number of H-pyrrole nitrogens is 1. The van der Waals surface area contributed by atoms with Crippen molar-refractivity contribution in [2.24, 2.45) is 0 Å². The number of fused-ring (bicyclic) bond motifs is 2. The standard InChI is InChI=1S/C28H32N2O2/c1-19-14-26-27(29-19)8-5-9-28(26)32-18-25(31)17-30-13-12-24(15-20(30)2)23-11-10-21-6-3-4-7-22(21)16-23/h3-11,14,16,20,24-25,29,31H,12-13,15,17-18H2,1-2H3/t20-,24+,25-/m0/s1. The van der Waals surface area contributed by atoms with Gasteiger partial charge < -0.3 is 14.8 Å². The van der Waals surface area contributed by atoms with Gasteiger partial charge in [-0.15, -0.1) is 0 Å². The summed E-state index contributed by atoms with van der Waals surface area (Å²) in [6.07, 6.45) is 1.73. The van der Waals surface area contributed by atoms with Gasteiger partial charge in [-0.1, -0.05) is 48.5 Å². The molecule has 0 amide bonds. The van der Waals surface area contributed by atoms with Crippen molar-refractivity contribution >= 4 is 21.7 Å². The van der Waals surface area contributed by atoms with Crippen LogP contribution in [-0.2, 0) is 0 Å². The van der Waals surface area contributed by atoms with Crippen molar-refractivity contribution in [2.75, 3.05) is 19.7 Å². The molecule has 0 saturated carbocycles. The van der Waals surface area contributed by atoms with Gasteiger partial charge in [0.2, 0.25) is 0 Å². The summed E-state index contributed by atoms with van der Waals surface area (Å²) >= 11 is 0. The van der Waals surface area contributed by atoms with Crippen molar-refractivity contribution in [3.8, 4) is 5.75 Å².